The monoisotopic (exact) mass is 74.1 g/mol. The number of nitrogens with two attached hydrogens (primary N) is 1. The molecule has 0 aliphatic heterocycles. The van der Waals surface area contributed by atoms with Crippen molar-refractivity contribution in [1.29, 1.82) is 0 Å². The van der Waals surface area contributed by atoms with E-state index in [1.807, 2.05) is 6.92 Å². The molecule has 0 fully saturated rings. The molecule has 0 amide bonds. The molecule has 1 heteroatoms. The standard InChI is InChI=1S/C4H11N/c1-3-4(2)5/h4H,3,5H2,1-2H3/i2D. The summed E-state index contributed by atoms with van der Waals surface area (Å²) in [7, 11) is 0. The fourth-order valence-electron chi connectivity index (χ4n) is 0. The van der Waals surface area contributed by atoms with E-state index in [1.54, 1.807) is 0 Å². The van der Waals surface area contributed by atoms with Crippen molar-refractivity contribution < 1.29 is 1.37 Å². The zero-order chi connectivity index (χ0) is 4.99. The molecular formula is C4H11N. The van der Waals surface area contributed by atoms with Gasteiger partial charge in [-0.2, -0.15) is 0 Å². The summed E-state index contributed by atoms with van der Waals surface area (Å²) < 4.78 is 6.68. The van der Waals surface area contributed by atoms with Gasteiger partial charge >= 0.3 is 0 Å². The summed E-state index contributed by atoms with van der Waals surface area (Å²) >= 11 is 0. The Labute approximate surface area is 34.6 Å². The zero-order valence-corrected chi connectivity index (χ0v) is 3.57. The molecule has 0 heterocycles. The van der Waals surface area contributed by atoms with Gasteiger partial charge in [-0.25, -0.2) is 0 Å². The highest BCUT2D eigenvalue weighted by Gasteiger charge is 1.79. The van der Waals surface area contributed by atoms with Gasteiger partial charge in [-0.05, 0) is 13.3 Å². The first-order valence-corrected chi connectivity index (χ1v) is 1.86. The van der Waals surface area contributed by atoms with Gasteiger partial charge in [0.1, 0.15) is 0 Å². The third-order valence-electron chi connectivity index (χ3n) is 0.524. The summed E-state index contributed by atoms with van der Waals surface area (Å²) in [4.78, 5) is 0. The van der Waals surface area contributed by atoms with Gasteiger partial charge in [0.2, 0.25) is 0 Å². The Balaban J connectivity index is 2.75. The van der Waals surface area contributed by atoms with E-state index in [4.69, 9.17) is 7.10 Å². The van der Waals surface area contributed by atoms with Crippen LogP contribution in [-0.2, 0) is 0 Å². The van der Waals surface area contributed by atoms with Crippen molar-refractivity contribution in [1.82, 2.24) is 0 Å². The van der Waals surface area contributed by atoms with Crippen molar-refractivity contribution in [2.24, 2.45) is 5.73 Å². The topological polar surface area (TPSA) is 26.0 Å². The predicted octanol–water partition coefficient (Wildman–Crippen LogP) is 0.744. The Morgan fingerprint density at radius 3 is 2.80 bits per heavy atom. The average Bonchev–Trinajstić information content (AvgIpc) is 1.65. The van der Waals surface area contributed by atoms with E-state index in [1.165, 1.54) is 0 Å². The van der Waals surface area contributed by atoms with E-state index < -0.39 is 0 Å². The highest BCUT2D eigenvalue weighted by atomic mass is 14.6. The molecule has 32 valence electrons. The third-order valence-corrected chi connectivity index (χ3v) is 0.524. The zero-order valence-electron chi connectivity index (χ0n) is 4.57. The predicted molar refractivity (Wildman–Crippen MR) is 23.9 cm³/mol. The molecule has 5 heavy (non-hydrogen) atoms. The van der Waals surface area contributed by atoms with Crippen LogP contribution < -0.4 is 5.73 Å². The van der Waals surface area contributed by atoms with Gasteiger partial charge in [0.25, 0.3) is 0 Å². The Morgan fingerprint density at radius 1 is 2.20 bits per heavy atom. The molecule has 0 bridgehead atoms. The van der Waals surface area contributed by atoms with Crippen molar-refractivity contribution in [3.8, 4) is 0 Å². The van der Waals surface area contributed by atoms with Crippen LogP contribution in [0.4, 0.5) is 0 Å². The smallest absolute Gasteiger partial charge is 0.0246 e. The van der Waals surface area contributed by atoms with E-state index in [0.29, 0.717) is 6.90 Å². The first-order valence-electron chi connectivity index (χ1n) is 2.56. The number of hydrogen-bond acceptors (Lipinski definition) is 1. The molecule has 0 radical (unpaired) electrons. The molecule has 0 aliphatic rings. The molecule has 0 aromatic heterocycles. The lowest BCUT2D eigenvalue weighted by Crippen LogP contribution is -2.11. The second-order valence-corrected chi connectivity index (χ2v) is 1.17. The normalized spacial score (nSPS) is 17.6. The summed E-state index contributed by atoms with van der Waals surface area (Å²) in [6.07, 6.45) is 0.920. The summed E-state index contributed by atoms with van der Waals surface area (Å²) in [5.74, 6) is 0. The molecule has 0 saturated carbocycles. The summed E-state index contributed by atoms with van der Waals surface area (Å²) in [6, 6.07) is 0.102. The van der Waals surface area contributed by atoms with Gasteiger partial charge in [0.15, 0.2) is 0 Å². The van der Waals surface area contributed by atoms with Crippen LogP contribution in [0.5, 0.6) is 0 Å². The lowest BCUT2D eigenvalue weighted by Gasteiger charge is -1.91. The highest BCUT2D eigenvalue weighted by molar-refractivity contribution is 4.43. The number of rotatable bonds is 1. The lowest BCUT2D eigenvalue weighted by molar-refractivity contribution is 0.715. The summed E-state index contributed by atoms with van der Waals surface area (Å²) in [6.45, 7) is 2.34. The van der Waals surface area contributed by atoms with Crippen LogP contribution in [0.15, 0.2) is 0 Å². The lowest BCUT2D eigenvalue weighted by atomic mass is 10.3. The van der Waals surface area contributed by atoms with Gasteiger partial charge in [-0.15, -0.1) is 0 Å². The fourth-order valence-corrected chi connectivity index (χ4v) is 0. The molecule has 0 aromatic carbocycles. The van der Waals surface area contributed by atoms with Crippen molar-refractivity contribution in [2.45, 2.75) is 26.3 Å². The highest BCUT2D eigenvalue weighted by Crippen LogP contribution is 1.77. The second-order valence-electron chi connectivity index (χ2n) is 1.17. The molecule has 0 rings (SSSR count). The first kappa shape index (κ1) is 3.16. The first-order chi connectivity index (χ1) is 2.81. The van der Waals surface area contributed by atoms with Crippen LogP contribution >= 0.6 is 0 Å². The Kier molecular flexibility index (Phi) is 1.40. The van der Waals surface area contributed by atoms with Gasteiger partial charge in [-0.3, -0.25) is 0 Å². The van der Waals surface area contributed by atoms with Gasteiger partial charge in [-0.1, -0.05) is 6.92 Å². The maximum absolute atomic E-state index is 6.68. The van der Waals surface area contributed by atoms with Crippen molar-refractivity contribution in [3.63, 3.8) is 0 Å². The minimum Gasteiger partial charge on any atom is -0.328 e. The van der Waals surface area contributed by atoms with Crippen LogP contribution in [0.2, 0.25) is 0 Å². The van der Waals surface area contributed by atoms with E-state index in [-0.39, 0.29) is 6.04 Å². The van der Waals surface area contributed by atoms with Crippen LogP contribution in [0, 0.1) is 0 Å². The minimum absolute atomic E-state index is 0.102. The molecule has 0 saturated heterocycles. The molecular weight excluding hydrogens is 62.1 g/mol. The van der Waals surface area contributed by atoms with Crippen LogP contribution in [0.25, 0.3) is 0 Å². The quantitative estimate of drug-likeness (QED) is 0.488. The van der Waals surface area contributed by atoms with E-state index in [9.17, 15) is 0 Å². The molecule has 0 aliphatic carbocycles. The van der Waals surface area contributed by atoms with Crippen molar-refractivity contribution >= 4 is 0 Å². The molecule has 1 atom stereocenters. The van der Waals surface area contributed by atoms with Gasteiger partial charge in [0, 0.05) is 7.41 Å². The molecule has 0 spiro atoms. The molecule has 1 nitrogen and oxygen atoms in total. The van der Waals surface area contributed by atoms with E-state index in [2.05, 4.69) is 0 Å². The maximum atomic E-state index is 6.68. The van der Waals surface area contributed by atoms with E-state index in [0.717, 1.165) is 6.42 Å². The number of hydrogen-bond donors (Lipinski definition) is 1. The SMILES string of the molecule is [2H]CC(N)CC. The van der Waals surface area contributed by atoms with Crippen LogP contribution in [0.1, 0.15) is 21.6 Å². The minimum atomic E-state index is 0.102. The third kappa shape index (κ3) is 3.96. The van der Waals surface area contributed by atoms with Crippen LogP contribution in [-0.4, -0.2) is 6.04 Å². The summed E-state index contributed by atoms with van der Waals surface area (Å²) in [5, 5.41) is 0. The second kappa shape index (κ2) is 2.21. The van der Waals surface area contributed by atoms with Crippen molar-refractivity contribution in [3.05, 3.63) is 0 Å². The van der Waals surface area contributed by atoms with Crippen LogP contribution in [0.3, 0.4) is 0 Å². The van der Waals surface area contributed by atoms with Crippen molar-refractivity contribution in [2.75, 3.05) is 0 Å². The fraction of sp³-hybridized carbons (Fsp3) is 1.00. The molecule has 2 N–H and O–H groups in total. The molecule has 0 aromatic rings. The Hall–Kier alpha value is -0.0400. The van der Waals surface area contributed by atoms with Gasteiger partial charge in [0.05, 0.1) is 0 Å². The largest absolute Gasteiger partial charge is 0.328 e. The Morgan fingerprint density at radius 2 is 2.80 bits per heavy atom. The summed E-state index contributed by atoms with van der Waals surface area (Å²) in [5.41, 5.74) is 5.28. The maximum Gasteiger partial charge on any atom is 0.0246 e. The Bertz CT molecular complexity index is 26.7. The average molecular weight is 74.1 g/mol. The molecule has 1 unspecified atom stereocenters. The van der Waals surface area contributed by atoms with E-state index >= 15 is 0 Å². The van der Waals surface area contributed by atoms with Gasteiger partial charge < -0.3 is 5.73 Å².